The fourth-order valence-electron chi connectivity index (χ4n) is 1.08. The fraction of sp³-hybridized carbons (Fsp3) is 0.692. The van der Waals surface area contributed by atoms with Crippen LogP contribution < -0.4 is 5.32 Å². The third-order valence-corrected chi connectivity index (χ3v) is 3.26. The topological polar surface area (TPSA) is 12.0 Å². The highest BCUT2D eigenvalue weighted by Gasteiger charge is 2.00. The Morgan fingerprint density at radius 1 is 1.20 bits per heavy atom. The first kappa shape index (κ1) is 14.7. The zero-order chi connectivity index (χ0) is 11.7. The molecular formula is C13H25NS. The van der Waals surface area contributed by atoms with Crippen molar-refractivity contribution >= 4 is 11.3 Å². The molecule has 0 fully saturated rings. The van der Waals surface area contributed by atoms with E-state index in [2.05, 4.69) is 57.4 Å². The summed E-state index contributed by atoms with van der Waals surface area (Å²) in [7, 11) is 0. The summed E-state index contributed by atoms with van der Waals surface area (Å²) in [5.41, 5.74) is 0. The molecule has 1 N–H and O–H groups in total. The van der Waals surface area contributed by atoms with Crippen LogP contribution in [-0.2, 0) is 0 Å². The predicted octanol–water partition coefficient (Wildman–Crippen LogP) is 4.23. The van der Waals surface area contributed by atoms with E-state index in [-0.39, 0.29) is 0 Å². The van der Waals surface area contributed by atoms with Gasteiger partial charge in [0.1, 0.15) is 0 Å². The first-order valence-electron chi connectivity index (χ1n) is 5.86. The first-order chi connectivity index (χ1) is 7.10. The van der Waals surface area contributed by atoms with Crippen molar-refractivity contribution in [1.82, 2.24) is 5.32 Å². The average Bonchev–Trinajstić information content (AvgIpc) is 2.69. The quantitative estimate of drug-likeness (QED) is 0.811. The van der Waals surface area contributed by atoms with E-state index in [0.717, 1.165) is 0 Å². The molecule has 0 saturated carbocycles. The van der Waals surface area contributed by atoms with E-state index in [4.69, 9.17) is 0 Å². The van der Waals surface area contributed by atoms with Gasteiger partial charge in [0.25, 0.3) is 0 Å². The van der Waals surface area contributed by atoms with Crippen LogP contribution in [0.4, 0.5) is 0 Å². The molecule has 1 nitrogen and oxygen atoms in total. The van der Waals surface area contributed by atoms with Gasteiger partial charge in [-0.15, -0.1) is 11.3 Å². The molecule has 2 unspecified atom stereocenters. The molecule has 0 aliphatic rings. The molecule has 0 saturated heterocycles. The van der Waals surface area contributed by atoms with Gasteiger partial charge in [-0.3, -0.25) is 0 Å². The van der Waals surface area contributed by atoms with Gasteiger partial charge in [0.05, 0.1) is 0 Å². The number of hydrogen-bond acceptors (Lipinski definition) is 2. The van der Waals surface area contributed by atoms with Gasteiger partial charge in [0, 0.05) is 17.0 Å². The summed E-state index contributed by atoms with van der Waals surface area (Å²) in [6.45, 7) is 11.0. The SMILES string of the molecule is CCC(C)NC(C)CC.Cc1cccs1. The van der Waals surface area contributed by atoms with Crippen LogP contribution in [0.2, 0.25) is 0 Å². The van der Waals surface area contributed by atoms with Crippen LogP contribution in [-0.4, -0.2) is 12.1 Å². The van der Waals surface area contributed by atoms with Gasteiger partial charge < -0.3 is 5.32 Å². The summed E-state index contributed by atoms with van der Waals surface area (Å²) < 4.78 is 0. The molecule has 1 aromatic rings. The normalized spacial score (nSPS) is 13.9. The van der Waals surface area contributed by atoms with E-state index in [0.29, 0.717) is 12.1 Å². The summed E-state index contributed by atoms with van der Waals surface area (Å²) in [6, 6.07) is 5.52. The Balaban J connectivity index is 0.000000280. The number of thiophene rings is 1. The number of rotatable bonds is 4. The molecule has 1 heterocycles. The molecule has 88 valence electrons. The molecule has 0 aliphatic carbocycles. The molecule has 0 aromatic carbocycles. The van der Waals surface area contributed by atoms with Crippen molar-refractivity contribution in [1.29, 1.82) is 0 Å². The average molecular weight is 227 g/mol. The fourth-order valence-corrected chi connectivity index (χ4v) is 1.61. The van der Waals surface area contributed by atoms with E-state index in [1.165, 1.54) is 17.7 Å². The number of aryl methyl sites for hydroxylation is 1. The van der Waals surface area contributed by atoms with Gasteiger partial charge in [0.15, 0.2) is 0 Å². The third kappa shape index (κ3) is 8.64. The minimum absolute atomic E-state index is 0.681. The van der Waals surface area contributed by atoms with Crippen LogP contribution in [0.3, 0.4) is 0 Å². The zero-order valence-corrected chi connectivity index (χ0v) is 11.5. The van der Waals surface area contributed by atoms with Gasteiger partial charge in [-0.25, -0.2) is 0 Å². The highest BCUT2D eigenvalue weighted by atomic mass is 32.1. The van der Waals surface area contributed by atoms with E-state index >= 15 is 0 Å². The minimum atomic E-state index is 0.681. The smallest absolute Gasteiger partial charge is 0.00385 e. The highest BCUT2D eigenvalue weighted by Crippen LogP contribution is 2.03. The van der Waals surface area contributed by atoms with Crippen molar-refractivity contribution < 1.29 is 0 Å². The Labute approximate surface area is 98.9 Å². The van der Waals surface area contributed by atoms with Crippen LogP contribution in [0, 0.1) is 6.92 Å². The van der Waals surface area contributed by atoms with Crippen molar-refractivity contribution in [3.8, 4) is 0 Å². The second-order valence-electron chi connectivity index (χ2n) is 4.01. The molecule has 1 rings (SSSR count). The lowest BCUT2D eigenvalue weighted by Crippen LogP contribution is -2.33. The Morgan fingerprint density at radius 3 is 1.93 bits per heavy atom. The second-order valence-corrected chi connectivity index (χ2v) is 5.16. The number of nitrogens with one attached hydrogen (secondary N) is 1. The van der Waals surface area contributed by atoms with Crippen LogP contribution >= 0.6 is 11.3 Å². The summed E-state index contributed by atoms with van der Waals surface area (Å²) in [5, 5.41) is 5.56. The Bertz CT molecular complexity index is 210. The molecule has 2 heteroatoms. The molecule has 0 aliphatic heterocycles. The predicted molar refractivity (Wildman–Crippen MR) is 71.7 cm³/mol. The molecular weight excluding hydrogens is 202 g/mol. The highest BCUT2D eigenvalue weighted by molar-refractivity contribution is 7.09. The lowest BCUT2D eigenvalue weighted by atomic mass is 10.2. The summed E-state index contributed by atoms with van der Waals surface area (Å²) >= 11 is 1.78. The van der Waals surface area contributed by atoms with E-state index < -0.39 is 0 Å². The first-order valence-corrected chi connectivity index (χ1v) is 6.74. The van der Waals surface area contributed by atoms with Gasteiger partial charge >= 0.3 is 0 Å². The standard InChI is InChI=1S/C8H19N.C5H6S/c1-5-7(3)9-8(4)6-2;1-5-3-2-4-6-5/h7-9H,5-6H2,1-4H3;2-4H,1H3. The maximum absolute atomic E-state index is 3.48. The molecule has 0 amide bonds. The molecule has 2 atom stereocenters. The van der Waals surface area contributed by atoms with Gasteiger partial charge in [-0.1, -0.05) is 19.9 Å². The van der Waals surface area contributed by atoms with Crippen LogP contribution in [0.5, 0.6) is 0 Å². The monoisotopic (exact) mass is 227 g/mol. The summed E-state index contributed by atoms with van der Waals surface area (Å²) in [5.74, 6) is 0. The number of hydrogen-bond donors (Lipinski definition) is 1. The Kier molecular flexibility index (Phi) is 8.73. The van der Waals surface area contributed by atoms with Crippen LogP contribution in [0.25, 0.3) is 0 Å². The van der Waals surface area contributed by atoms with E-state index in [1.807, 2.05) is 0 Å². The summed E-state index contributed by atoms with van der Waals surface area (Å²) in [6.07, 6.45) is 2.45. The van der Waals surface area contributed by atoms with Gasteiger partial charge in [-0.2, -0.15) is 0 Å². The van der Waals surface area contributed by atoms with Crippen molar-refractivity contribution in [3.63, 3.8) is 0 Å². The van der Waals surface area contributed by atoms with Gasteiger partial charge in [-0.05, 0) is 45.1 Å². The molecule has 0 spiro atoms. The van der Waals surface area contributed by atoms with Crippen LogP contribution in [0.15, 0.2) is 17.5 Å². The lowest BCUT2D eigenvalue weighted by molar-refractivity contribution is 0.449. The van der Waals surface area contributed by atoms with E-state index in [1.54, 1.807) is 11.3 Å². The lowest BCUT2D eigenvalue weighted by Gasteiger charge is -2.16. The maximum Gasteiger partial charge on any atom is 0.00385 e. The van der Waals surface area contributed by atoms with Crippen LogP contribution in [0.1, 0.15) is 45.4 Å². The zero-order valence-electron chi connectivity index (χ0n) is 10.7. The van der Waals surface area contributed by atoms with Crippen molar-refractivity contribution in [2.45, 2.75) is 59.5 Å². The van der Waals surface area contributed by atoms with Crippen molar-refractivity contribution in [2.24, 2.45) is 0 Å². The second kappa shape index (κ2) is 8.93. The molecule has 15 heavy (non-hydrogen) atoms. The van der Waals surface area contributed by atoms with Crippen molar-refractivity contribution in [3.05, 3.63) is 22.4 Å². The Morgan fingerprint density at radius 2 is 1.73 bits per heavy atom. The third-order valence-electron chi connectivity index (χ3n) is 2.46. The molecule has 0 bridgehead atoms. The Hall–Kier alpha value is -0.340. The minimum Gasteiger partial charge on any atom is -0.312 e. The largest absolute Gasteiger partial charge is 0.312 e. The van der Waals surface area contributed by atoms with E-state index in [9.17, 15) is 0 Å². The van der Waals surface area contributed by atoms with Crippen molar-refractivity contribution in [2.75, 3.05) is 0 Å². The maximum atomic E-state index is 3.48. The molecule has 0 radical (unpaired) electrons. The molecule has 1 aromatic heterocycles. The van der Waals surface area contributed by atoms with Gasteiger partial charge in [0.2, 0.25) is 0 Å². The summed E-state index contributed by atoms with van der Waals surface area (Å²) in [4.78, 5) is 1.38.